The average molecular weight is 227 g/mol. The second-order valence-corrected chi connectivity index (χ2v) is 4.99. The van der Waals surface area contributed by atoms with E-state index in [0.29, 0.717) is 12.5 Å². The van der Waals surface area contributed by atoms with E-state index in [-0.39, 0.29) is 0 Å². The van der Waals surface area contributed by atoms with Gasteiger partial charge in [0.1, 0.15) is 0 Å². The van der Waals surface area contributed by atoms with Crippen molar-refractivity contribution in [1.29, 1.82) is 0 Å². The Morgan fingerprint density at radius 2 is 2.00 bits per heavy atom. The fourth-order valence-corrected chi connectivity index (χ4v) is 2.53. The smallest absolute Gasteiger partial charge is 0.303 e. The van der Waals surface area contributed by atoms with Crippen LogP contribution in [0.1, 0.15) is 58.3 Å². The van der Waals surface area contributed by atoms with E-state index in [9.17, 15) is 4.79 Å². The first-order chi connectivity index (χ1) is 7.70. The highest BCUT2D eigenvalue weighted by Crippen LogP contribution is 2.26. The third kappa shape index (κ3) is 5.50. The highest BCUT2D eigenvalue weighted by atomic mass is 16.4. The SMILES string of the molecule is C[C@@H](NCCCCC(=O)O)C1CCCCC1. The van der Waals surface area contributed by atoms with Crippen LogP contribution < -0.4 is 5.32 Å². The number of rotatable bonds is 7. The van der Waals surface area contributed by atoms with Gasteiger partial charge in [-0.3, -0.25) is 4.79 Å². The van der Waals surface area contributed by atoms with Gasteiger partial charge in [-0.1, -0.05) is 19.3 Å². The van der Waals surface area contributed by atoms with Crippen LogP contribution in [0.2, 0.25) is 0 Å². The van der Waals surface area contributed by atoms with E-state index in [1.54, 1.807) is 0 Å². The van der Waals surface area contributed by atoms with Gasteiger partial charge in [0.2, 0.25) is 0 Å². The normalized spacial score (nSPS) is 19.6. The van der Waals surface area contributed by atoms with Crippen molar-refractivity contribution in [3.8, 4) is 0 Å². The van der Waals surface area contributed by atoms with Gasteiger partial charge in [0.25, 0.3) is 0 Å². The third-order valence-electron chi connectivity index (χ3n) is 3.64. The molecule has 1 atom stereocenters. The van der Waals surface area contributed by atoms with Crippen molar-refractivity contribution in [3.63, 3.8) is 0 Å². The summed E-state index contributed by atoms with van der Waals surface area (Å²) in [7, 11) is 0. The largest absolute Gasteiger partial charge is 0.481 e. The van der Waals surface area contributed by atoms with Gasteiger partial charge < -0.3 is 10.4 Å². The Morgan fingerprint density at radius 3 is 2.62 bits per heavy atom. The standard InChI is InChI=1S/C13H25NO2/c1-11(12-7-3-2-4-8-12)14-10-6-5-9-13(15)16/h11-12,14H,2-10H2,1H3,(H,15,16)/t11-/m1/s1. The van der Waals surface area contributed by atoms with E-state index in [1.165, 1.54) is 32.1 Å². The van der Waals surface area contributed by atoms with Crippen molar-refractivity contribution in [1.82, 2.24) is 5.32 Å². The molecule has 0 amide bonds. The van der Waals surface area contributed by atoms with Crippen molar-refractivity contribution < 1.29 is 9.90 Å². The van der Waals surface area contributed by atoms with Gasteiger partial charge in [-0.25, -0.2) is 0 Å². The van der Waals surface area contributed by atoms with Crippen LogP contribution in [-0.4, -0.2) is 23.7 Å². The molecular formula is C13H25NO2. The summed E-state index contributed by atoms with van der Waals surface area (Å²) in [5, 5.41) is 12.0. The first-order valence-corrected chi connectivity index (χ1v) is 6.65. The molecule has 0 radical (unpaired) electrons. The molecular weight excluding hydrogens is 202 g/mol. The summed E-state index contributed by atoms with van der Waals surface area (Å²) >= 11 is 0. The average Bonchev–Trinajstić information content (AvgIpc) is 2.29. The molecule has 1 fully saturated rings. The Balaban J connectivity index is 2.00. The molecule has 2 N–H and O–H groups in total. The molecule has 1 aliphatic rings. The van der Waals surface area contributed by atoms with Crippen LogP contribution in [0.3, 0.4) is 0 Å². The first kappa shape index (κ1) is 13.5. The molecule has 3 heteroatoms. The van der Waals surface area contributed by atoms with E-state index < -0.39 is 5.97 Å². The number of nitrogens with one attached hydrogen (secondary N) is 1. The maximum Gasteiger partial charge on any atom is 0.303 e. The molecule has 94 valence electrons. The summed E-state index contributed by atoms with van der Waals surface area (Å²) in [5.74, 6) is 0.161. The molecule has 0 unspecified atom stereocenters. The van der Waals surface area contributed by atoms with Crippen LogP contribution in [-0.2, 0) is 4.79 Å². The number of carboxylic acid groups (broad SMARTS) is 1. The van der Waals surface area contributed by atoms with Crippen LogP contribution in [0, 0.1) is 5.92 Å². The Kier molecular flexibility index (Phi) is 6.46. The first-order valence-electron chi connectivity index (χ1n) is 6.65. The van der Waals surface area contributed by atoms with Gasteiger partial charge in [0.15, 0.2) is 0 Å². The van der Waals surface area contributed by atoms with E-state index in [1.807, 2.05) is 0 Å². The molecule has 3 nitrogen and oxygen atoms in total. The fourth-order valence-electron chi connectivity index (χ4n) is 2.53. The topological polar surface area (TPSA) is 49.3 Å². The van der Waals surface area contributed by atoms with Crippen LogP contribution in [0.15, 0.2) is 0 Å². The van der Waals surface area contributed by atoms with Crippen molar-refractivity contribution in [3.05, 3.63) is 0 Å². The number of unbranched alkanes of at least 4 members (excludes halogenated alkanes) is 1. The van der Waals surface area contributed by atoms with Crippen molar-refractivity contribution >= 4 is 5.97 Å². The molecule has 0 aliphatic heterocycles. The van der Waals surface area contributed by atoms with Crippen LogP contribution >= 0.6 is 0 Å². The number of carbonyl (C=O) groups is 1. The van der Waals surface area contributed by atoms with Gasteiger partial charge >= 0.3 is 5.97 Å². The summed E-state index contributed by atoms with van der Waals surface area (Å²) in [6.07, 6.45) is 8.97. The van der Waals surface area contributed by atoms with Gasteiger partial charge in [0, 0.05) is 12.5 Å². The molecule has 1 rings (SSSR count). The number of aliphatic carboxylic acids is 1. The van der Waals surface area contributed by atoms with Gasteiger partial charge in [0.05, 0.1) is 0 Å². The van der Waals surface area contributed by atoms with E-state index in [4.69, 9.17) is 5.11 Å². The predicted molar refractivity (Wildman–Crippen MR) is 65.5 cm³/mol. The minimum atomic E-state index is -0.680. The summed E-state index contributed by atoms with van der Waals surface area (Å²) in [6.45, 7) is 3.23. The van der Waals surface area contributed by atoms with Crippen molar-refractivity contribution in [2.75, 3.05) is 6.54 Å². The molecule has 1 aliphatic carbocycles. The molecule has 0 aromatic heterocycles. The lowest BCUT2D eigenvalue weighted by Crippen LogP contribution is -2.35. The molecule has 16 heavy (non-hydrogen) atoms. The number of hydrogen-bond donors (Lipinski definition) is 2. The van der Waals surface area contributed by atoms with E-state index >= 15 is 0 Å². The molecule has 1 saturated carbocycles. The zero-order valence-electron chi connectivity index (χ0n) is 10.4. The highest BCUT2D eigenvalue weighted by molar-refractivity contribution is 5.66. The van der Waals surface area contributed by atoms with E-state index in [2.05, 4.69) is 12.2 Å². The molecule has 0 heterocycles. The van der Waals surface area contributed by atoms with Crippen LogP contribution in [0.25, 0.3) is 0 Å². The minimum Gasteiger partial charge on any atom is -0.481 e. The molecule has 0 saturated heterocycles. The maximum absolute atomic E-state index is 10.3. The van der Waals surface area contributed by atoms with Gasteiger partial charge in [-0.2, -0.15) is 0 Å². The Hall–Kier alpha value is -0.570. The summed E-state index contributed by atoms with van der Waals surface area (Å²) < 4.78 is 0. The summed E-state index contributed by atoms with van der Waals surface area (Å²) in [6, 6.07) is 0.602. The summed E-state index contributed by atoms with van der Waals surface area (Å²) in [4.78, 5) is 10.3. The van der Waals surface area contributed by atoms with Crippen molar-refractivity contribution in [2.45, 2.75) is 64.3 Å². The van der Waals surface area contributed by atoms with Gasteiger partial charge in [-0.05, 0) is 45.1 Å². The Bertz CT molecular complexity index is 200. The molecule has 0 spiro atoms. The zero-order chi connectivity index (χ0) is 11.8. The third-order valence-corrected chi connectivity index (χ3v) is 3.64. The number of carboxylic acids is 1. The predicted octanol–water partition coefficient (Wildman–Crippen LogP) is 2.80. The molecule has 0 bridgehead atoms. The number of hydrogen-bond acceptors (Lipinski definition) is 2. The Labute approximate surface area is 98.6 Å². The zero-order valence-corrected chi connectivity index (χ0v) is 10.4. The maximum atomic E-state index is 10.3. The Morgan fingerprint density at radius 1 is 1.31 bits per heavy atom. The monoisotopic (exact) mass is 227 g/mol. The van der Waals surface area contributed by atoms with Crippen molar-refractivity contribution in [2.24, 2.45) is 5.92 Å². The highest BCUT2D eigenvalue weighted by Gasteiger charge is 2.18. The van der Waals surface area contributed by atoms with Crippen LogP contribution in [0.5, 0.6) is 0 Å². The quantitative estimate of drug-likeness (QED) is 0.657. The lowest BCUT2D eigenvalue weighted by atomic mass is 9.84. The lowest BCUT2D eigenvalue weighted by molar-refractivity contribution is -0.137. The fraction of sp³-hybridized carbons (Fsp3) is 0.923. The van der Waals surface area contributed by atoms with Gasteiger partial charge in [-0.15, -0.1) is 0 Å². The second kappa shape index (κ2) is 7.66. The molecule has 0 aromatic carbocycles. The second-order valence-electron chi connectivity index (χ2n) is 4.99. The molecule has 0 aromatic rings. The van der Waals surface area contributed by atoms with E-state index in [0.717, 1.165) is 25.3 Å². The summed E-state index contributed by atoms with van der Waals surface area (Å²) in [5.41, 5.74) is 0. The lowest BCUT2D eigenvalue weighted by Gasteiger charge is -2.28. The van der Waals surface area contributed by atoms with Crippen LogP contribution in [0.4, 0.5) is 0 Å². The minimum absolute atomic E-state index is 0.305.